The molecule has 4 nitrogen and oxygen atoms in total. The minimum Gasteiger partial charge on any atom is -0.347 e. The van der Waals surface area contributed by atoms with Crippen LogP contribution in [0, 0.1) is 0 Å². The van der Waals surface area contributed by atoms with Crippen molar-refractivity contribution in [3.8, 4) is 0 Å². The van der Waals surface area contributed by atoms with Crippen LogP contribution in [-0.4, -0.2) is 67.3 Å². The molecule has 3 rings (SSSR count). The van der Waals surface area contributed by atoms with Crippen LogP contribution in [0.25, 0.3) is 0 Å². The smallest absolute Gasteiger partial charge is 0.240 e. The van der Waals surface area contributed by atoms with Gasteiger partial charge in [0.1, 0.15) is 6.04 Å². The van der Waals surface area contributed by atoms with E-state index < -0.39 is 0 Å². The number of nitrogens with one attached hydrogen (secondary N) is 1. The van der Waals surface area contributed by atoms with E-state index >= 15 is 0 Å². The number of likely N-dealkylation sites (N-methyl/N-ethyl adjacent to an activating group) is 1. The van der Waals surface area contributed by atoms with Crippen molar-refractivity contribution < 1.29 is 4.79 Å². The summed E-state index contributed by atoms with van der Waals surface area (Å²) in [5.74, 6) is 0.211. The third-order valence-electron chi connectivity index (χ3n) is 4.23. The topological polar surface area (TPSA) is 35.6 Å². The minimum atomic E-state index is -0.0157. The summed E-state index contributed by atoms with van der Waals surface area (Å²) in [6, 6.07) is 8.64. The minimum absolute atomic E-state index is 0.0157. The zero-order chi connectivity index (χ0) is 14.8. The monoisotopic (exact) mass is 305 g/mol. The summed E-state index contributed by atoms with van der Waals surface area (Å²) in [6.45, 7) is 3.69. The highest BCUT2D eigenvalue weighted by atomic mass is 32.2. The van der Waals surface area contributed by atoms with Crippen molar-refractivity contribution in [2.75, 3.05) is 40.3 Å². The molecule has 1 aromatic carbocycles. The normalized spacial score (nSPS) is 25.6. The summed E-state index contributed by atoms with van der Waals surface area (Å²) in [7, 11) is 3.69. The van der Waals surface area contributed by atoms with Crippen molar-refractivity contribution >= 4 is 17.7 Å². The Kier molecular flexibility index (Phi) is 4.52. The summed E-state index contributed by atoms with van der Waals surface area (Å²) >= 11 is 1.96. The molecule has 2 aliphatic heterocycles. The molecule has 1 aromatic rings. The number of carbonyl (C=O) groups excluding carboxylic acids is 1. The lowest BCUT2D eigenvalue weighted by Crippen LogP contribution is -2.58. The number of hydrogen-bond donors (Lipinski definition) is 1. The van der Waals surface area contributed by atoms with Crippen LogP contribution in [0.1, 0.15) is 5.56 Å². The van der Waals surface area contributed by atoms with E-state index in [1.54, 1.807) is 4.90 Å². The molecule has 114 valence electrons. The van der Waals surface area contributed by atoms with Gasteiger partial charge in [-0.2, -0.15) is 0 Å². The Bertz CT molecular complexity index is 495. The second-order valence-corrected chi connectivity index (χ2v) is 7.34. The van der Waals surface area contributed by atoms with E-state index in [0.29, 0.717) is 5.25 Å². The Morgan fingerprint density at radius 1 is 1.43 bits per heavy atom. The molecule has 0 bridgehead atoms. The highest BCUT2D eigenvalue weighted by molar-refractivity contribution is 8.00. The maximum absolute atomic E-state index is 12.3. The predicted molar refractivity (Wildman–Crippen MR) is 86.7 cm³/mol. The summed E-state index contributed by atoms with van der Waals surface area (Å²) in [6.07, 6.45) is 1.12. The predicted octanol–water partition coefficient (Wildman–Crippen LogP) is 1.07. The number of nitrogens with zero attached hydrogens (tertiary/aromatic N) is 2. The van der Waals surface area contributed by atoms with Gasteiger partial charge in [-0.1, -0.05) is 18.2 Å². The summed E-state index contributed by atoms with van der Waals surface area (Å²) in [4.78, 5) is 17.8. The average molecular weight is 305 g/mol. The maximum atomic E-state index is 12.3. The molecule has 0 aromatic heterocycles. The van der Waals surface area contributed by atoms with E-state index in [1.807, 2.05) is 25.9 Å². The Balaban J connectivity index is 1.65. The van der Waals surface area contributed by atoms with Crippen molar-refractivity contribution in [2.45, 2.75) is 22.6 Å². The highest BCUT2D eigenvalue weighted by Gasteiger charge is 2.33. The Labute approximate surface area is 130 Å². The number of fused-ring (bicyclic) bond motifs is 1. The highest BCUT2D eigenvalue weighted by Crippen LogP contribution is 2.37. The molecule has 1 N–H and O–H groups in total. The Hall–Kier alpha value is -1.04. The van der Waals surface area contributed by atoms with Crippen LogP contribution >= 0.6 is 11.8 Å². The number of piperazine rings is 1. The van der Waals surface area contributed by atoms with Crippen LogP contribution in [-0.2, 0) is 11.2 Å². The van der Waals surface area contributed by atoms with Gasteiger partial charge in [0.15, 0.2) is 0 Å². The molecule has 2 aliphatic rings. The van der Waals surface area contributed by atoms with Crippen LogP contribution < -0.4 is 5.32 Å². The number of amides is 1. The fourth-order valence-corrected chi connectivity index (χ4v) is 4.47. The van der Waals surface area contributed by atoms with Gasteiger partial charge >= 0.3 is 0 Å². The summed E-state index contributed by atoms with van der Waals surface area (Å²) < 4.78 is 0. The number of carbonyl (C=O) groups is 1. The van der Waals surface area contributed by atoms with Crippen LogP contribution in [0.2, 0.25) is 0 Å². The van der Waals surface area contributed by atoms with Crippen molar-refractivity contribution in [1.29, 1.82) is 0 Å². The fraction of sp³-hybridized carbons (Fsp3) is 0.562. The number of benzene rings is 1. The maximum Gasteiger partial charge on any atom is 0.240 e. The summed E-state index contributed by atoms with van der Waals surface area (Å²) in [5.41, 5.74) is 1.46. The SMILES string of the molecule is CN(C)C(=O)C1CNCCN1CC1Cc2ccccc2S1. The van der Waals surface area contributed by atoms with Gasteiger partial charge in [-0.3, -0.25) is 9.69 Å². The lowest BCUT2D eigenvalue weighted by Gasteiger charge is -2.37. The zero-order valence-corrected chi connectivity index (χ0v) is 13.5. The second-order valence-electron chi connectivity index (χ2n) is 6.00. The molecule has 0 radical (unpaired) electrons. The molecule has 21 heavy (non-hydrogen) atoms. The molecule has 0 spiro atoms. The van der Waals surface area contributed by atoms with E-state index in [-0.39, 0.29) is 11.9 Å². The molecule has 0 aliphatic carbocycles. The number of rotatable bonds is 3. The van der Waals surface area contributed by atoms with Crippen molar-refractivity contribution in [3.63, 3.8) is 0 Å². The largest absolute Gasteiger partial charge is 0.347 e. The molecule has 5 heteroatoms. The van der Waals surface area contributed by atoms with Gasteiger partial charge in [-0.25, -0.2) is 0 Å². The van der Waals surface area contributed by atoms with Crippen molar-refractivity contribution in [1.82, 2.24) is 15.1 Å². The van der Waals surface area contributed by atoms with E-state index in [9.17, 15) is 4.79 Å². The van der Waals surface area contributed by atoms with Gasteiger partial charge in [0.25, 0.3) is 0 Å². The van der Waals surface area contributed by atoms with Gasteiger partial charge in [0.05, 0.1) is 0 Å². The molecular weight excluding hydrogens is 282 g/mol. The lowest BCUT2D eigenvalue weighted by molar-refractivity contribution is -0.135. The number of thioether (sulfide) groups is 1. The molecule has 1 fully saturated rings. The molecule has 1 amide bonds. The Morgan fingerprint density at radius 3 is 3.00 bits per heavy atom. The fourth-order valence-electron chi connectivity index (χ4n) is 3.12. The van der Waals surface area contributed by atoms with E-state index in [2.05, 4.69) is 34.5 Å². The van der Waals surface area contributed by atoms with E-state index in [1.165, 1.54) is 10.5 Å². The first-order valence-electron chi connectivity index (χ1n) is 7.55. The van der Waals surface area contributed by atoms with E-state index in [4.69, 9.17) is 0 Å². The molecule has 2 unspecified atom stereocenters. The average Bonchev–Trinajstić information content (AvgIpc) is 2.89. The van der Waals surface area contributed by atoms with Gasteiger partial charge in [0, 0.05) is 50.4 Å². The molecule has 2 atom stereocenters. The first-order chi connectivity index (χ1) is 10.1. The zero-order valence-electron chi connectivity index (χ0n) is 12.7. The standard InChI is InChI=1S/C16H23N3OS/c1-18(2)16(20)14-10-17-7-8-19(14)11-13-9-12-5-3-4-6-15(12)21-13/h3-6,13-14,17H,7-11H2,1-2H3. The third-order valence-corrected chi connectivity index (χ3v) is 5.53. The van der Waals surface area contributed by atoms with Gasteiger partial charge in [-0.15, -0.1) is 11.8 Å². The van der Waals surface area contributed by atoms with E-state index in [0.717, 1.165) is 32.6 Å². The van der Waals surface area contributed by atoms with Crippen molar-refractivity contribution in [2.24, 2.45) is 0 Å². The van der Waals surface area contributed by atoms with Crippen LogP contribution in [0.4, 0.5) is 0 Å². The third kappa shape index (κ3) is 3.25. The van der Waals surface area contributed by atoms with Crippen LogP contribution in [0.15, 0.2) is 29.2 Å². The molecule has 1 saturated heterocycles. The first-order valence-corrected chi connectivity index (χ1v) is 8.43. The lowest BCUT2D eigenvalue weighted by atomic mass is 10.1. The summed E-state index contributed by atoms with van der Waals surface area (Å²) in [5, 5.41) is 3.91. The van der Waals surface area contributed by atoms with Crippen LogP contribution in [0.3, 0.4) is 0 Å². The van der Waals surface area contributed by atoms with Gasteiger partial charge in [0.2, 0.25) is 5.91 Å². The van der Waals surface area contributed by atoms with Gasteiger partial charge < -0.3 is 10.2 Å². The van der Waals surface area contributed by atoms with Gasteiger partial charge in [-0.05, 0) is 18.1 Å². The molecule has 0 saturated carbocycles. The number of hydrogen-bond acceptors (Lipinski definition) is 4. The molecule has 2 heterocycles. The van der Waals surface area contributed by atoms with Crippen molar-refractivity contribution in [3.05, 3.63) is 29.8 Å². The second kappa shape index (κ2) is 6.38. The molecular formula is C16H23N3OS. The quantitative estimate of drug-likeness (QED) is 0.906. The Morgan fingerprint density at radius 2 is 2.24 bits per heavy atom. The van der Waals surface area contributed by atoms with Crippen LogP contribution in [0.5, 0.6) is 0 Å². The first kappa shape index (κ1) is 14.9.